The summed E-state index contributed by atoms with van der Waals surface area (Å²) in [7, 11) is 0. The van der Waals surface area contributed by atoms with Crippen molar-refractivity contribution in [3.8, 4) is 0 Å². The molecule has 0 aromatic rings. The van der Waals surface area contributed by atoms with Gasteiger partial charge in [-0.05, 0) is 31.6 Å². The summed E-state index contributed by atoms with van der Waals surface area (Å²) < 4.78 is 0. The Hall–Kier alpha value is -0.340. The molecule has 88 valence electrons. The van der Waals surface area contributed by atoms with E-state index in [2.05, 4.69) is 6.58 Å². The Morgan fingerprint density at radius 3 is 2.40 bits per heavy atom. The summed E-state index contributed by atoms with van der Waals surface area (Å²) >= 11 is 0. The molecule has 0 heterocycles. The normalized spacial score (nSPS) is 22.3. The highest BCUT2D eigenvalue weighted by atomic mass is 16.3. The molecule has 2 atom stereocenters. The van der Waals surface area contributed by atoms with E-state index in [0.29, 0.717) is 12.3 Å². The zero-order valence-corrected chi connectivity index (χ0v) is 9.78. The van der Waals surface area contributed by atoms with Crippen molar-refractivity contribution in [3.05, 3.63) is 12.2 Å². The number of aliphatic hydroxyl groups is 2. The van der Waals surface area contributed by atoms with Crippen LogP contribution in [-0.2, 0) is 0 Å². The fourth-order valence-electron chi connectivity index (χ4n) is 2.35. The summed E-state index contributed by atoms with van der Waals surface area (Å²) in [6.45, 7) is 5.90. The number of rotatable bonds is 5. The van der Waals surface area contributed by atoms with Gasteiger partial charge in [0.15, 0.2) is 0 Å². The third kappa shape index (κ3) is 3.96. The molecule has 1 aliphatic rings. The van der Waals surface area contributed by atoms with E-state index in [1.54, 1.807) is 0 Å². The van der Waals surface area contributed by atoms with E-state index in [4.69, 9.17) is 0 Å². The van der Waals surface area contributed by atoms with Gasteiger partial charge >= 0.3 is 0 Å². The topological polar surface area (TPSA) is 40.5 Å². The predicted octanol–water partition coefficient (Wildman–Crippen LogP) is 2.64. The molecule has 0 aromatic heterocycles. The van der Waals surface area contributed by atoms with Gasteiger partial charge in [-0.15, -0.1) is 0 Å². The van der Waals surface area contributed by atoms with Crippen LogP contribution in [0.15, 0.2) is 12.2 Å². The van der Waals surface area contributed by atoms with Gasteiger partial charge in [-0.1, -0.05) is 38.3 Å². The van der Waals surface area contributed by atoms with Crippen LogP contribution in [0.1, 0.15) is 51.9 Å². The molecular formula is C13H24O2. The third-order valence-corrected chi connectivity index (χ3v) is 3.52. The van der Waals surface area contributed by atoms with Gasteiger partial charge < -0.3 is 10.2 Å². The highest BCUT2D eigenvalue weighted by Crippen LogP contribution is 2.29. The molecule has 0 aliphatic heterocycles. The van der Waals surface area contributed by atoms with Gasteiger partial charge in [0.05, 0.1) is 12.2 Å². The monoisotopic (exact) mass is 212 g/mol. The smallest absolute Gasteiger partial charge is 0.0838 e. The van der Waals surface area contributed by atoms with Crippen LogP contribution in [-0.4, -0.2) is 22.4 Å². The van der Waals surface area contributed by atoms with Crippen molar-refractivity contribution in [2.45, 2.75) is 64.1 Å². The van der Waals surface area contributed by atoms with E-state index in [1.807, 2.05) is 6.92 Å². The lowest BCUT2D eigenvalue weighted by atomic mass is 9.82. The summed E-state index contributed by atoms with van der Waals surface area (Å²) in [5.41, 5.74) is 1.03. The fraction of sp³-hybridized carbons (Fsp3) is 0.846. The lowest BCUT2D eigenvalue weighted by Crippen LogP contribution is -2.34. The van der Waals surface area contributed by atoms with Gasteiger partial charge in [0.25, 0.3) is 0 Å². The maximum atomic E-state index is 10.00. The highest BCUT2D eigenvalue weighted by molar-refractivity contribution is 4.97. The maximum absolute atomic E-state index is 10.00. The molecule has 0 saturated heterocycles. The zero-order valence-electron chi connectivity index (χ0n) is 9.78. The quantitative estimate of drug-likeness (QED) is 0.688. The minimum atomic E-state index is -0.611. The highest BCUT2D eigenvalue weighted by Gasteiger charge is 2.27. The van der Waals surface area contributed by atoms with Gasteiger partial charge in [0.2, 0.25) is 0 Å². The van der Waals surface area contributed by atoms with Crippen molar-refractivity contribution >= 4 is 0 Å². The van der Waals surface area contributed by atoms with Crippen molar-refractivity contribution < 1.29 is 10.2 Å². The molecule has 1 saturated carbocycles. The van der Waals surface area contributed by atoms with Crippen molar-refractivity contribution in [2.24, 2.45) is 5.92 Å². The number of aliphatic hydroxyl groups excluding tert-OH is 2. The number of hydrogen-bond donors (Lipinski definition) is 2. The SMILES string of the molecule is C=C(CC)CC(O)C(O)C1CCCCC1. The van der Waals surface area contributed by atoms with Crippen molar-refractivity contribution in [1.82, 2.24) is 0 Å². The second kappa shape index (κ2) is 6.29. The molecule has 1 fully saturated rings. The molecule has 0 spiro atoms. The second-order valence-electron chi connectivity index (χ2n) is 4.76. The zero-order chi connectivity index (χ0) is 11.3. The summed E-state index contributed by atoms with van der Waals surface area (Å²) in [6, 6.07) is 0. The molecule has 2 nitrogen and oxygen atoms in total. The van der Waals surface area contributed by atoms with Crippen LogP contribution in [0.3, 0.4) is 0 Å². The standard InChI is InChI=1S/C13H24O2/c1-3-10(2)9-12(14)13(15)11-7-5-4-6-8-11/h11-15H,2-9H2,1H3. The minimum Gasteiger partial charge on any atom is -0.390 e. The van der Waals surface area contributed by atoms with Gasteiger partial charge in [0, 0.05) is 0 Å². The van der Waals surface area contributed by atoms with Crippen LogP contribution in [0.4, 0.5) is 0 Å². The Morgan fingerprint density at radius 1 is 1.27 bits per heavy atom. The molecule has 0 bridgehead atoms. The fourth-order valence-corrected chi connectivity index (χ4v) is 2.35. The van der Waals surface area contributed by atoms with Gasteiger partial charge in [-0.3, -0.25) is 0 Å². The predicted molar refractivity (Wildman–Crippen MR) is 62.6 cm³/mol. The van der Waals surface area contributed by atoms with Crippen LogP contribution >= 0.6 is 0 Å². The molecule has 2 heteroatoms. The van der Waals surface area contributed by atoms with Crippen LogP contribution in [0.2, 0.25) is 0 Å². The molecule has 0 aromatic carbocycles. The Balaban J connectivity index is 2.36. The summed E-state index contributed by atoms with van der Waals surface area (Å²) in [5, 5.41) is 19.9. The Labute approximate surface area is 93.0 Å². The molecular weight excluding hydrogens is 188 g/mol. The first-order valence-corrected chi connectivity index (χ1v) is 6.18. The molecule has 15 heavy (non-hydrogen) atoms. The first-order valence-electron chi connectivity index (χ1n) is 6.18. The summed E-state index contributed by atoms with van der Waals surface area (Å²) in [4.78, 5) is 0. The van der Waals surface area contributed by atoms with E-state index < -0.39 is 12.2 Å². The van der Waals surface area contributed by atoms with E-state index >= 15 is 0 Å². The molecule has 0 amide bonds. The largest absolute Gasteiger partial charge is 0.390 e. The van der Waals surface area contributed by atoms with Gasteiger partial charge in [-0.2, -0.15) is 0 Å². The molecule has 0 radical (unpaired) electrons. The number of hydrogen-bond acceptors (Lipinski definition) is 2. The van der Waals surface area contributed by atoms with E-state index in [9.17, 15) is 10.2 Å². The lowest BCUT2D eigenvalue weighted by Gasteiger charge is -2.30. The van der Waals surface area contributed by atoms with Crippen LogP contribution < -0.4 is 0 Å². The first kappa shape index (κ1) is 12.7. The van der Waals surface area contributed by atoms with Crippen LogP contribution in [0.25, 0.3) is 0 Å². The first-order chi connectivity index (χ1) is 7.15. The average Bonchev–Trinajstić information content (AvgIpc) is 2.29. The average molecular weight is 212 g/mol. The lowest BCUT2D eigenvalue weighted by molar-refractivity contribution is -0.0265. The Morgan fingerprint density at radius 2 is 1.87 bits per heavy atom. The van der Waals surface area contributed by atoms with Crippen LogP contribution in [0.5, 0.6) is 0 Å². The van der Waals surface area contributed by atoms with E-state index in [-0.39, 0.29) is 0 Å². The molecule has 1 aliphatic carbocycles. The van der Waals surface area contributed by atoms with Crippen molar-refractivity contribution in [2.75, 3.05) is 0 Å². The van der Waals surface area contributed by atoms with Crippen molar-refractivity contribution in [1.29, 1.82) is 0 Å². The summed E-state index contributed by atoms with van der Waals surface area (Å²) in [5.74, 6) is 0.304. The van der Waals surface area contributed by atoms with Gasteiger partial charge in [-0.25, -0.2) is 0 Å². The molecule has 2 N–H and O–H groups in total. The van der Waals surface area contributed by atoms with Crippen molar-refractivity contribution in [3.63, 3.8) is 0 Å². The van der Waals surface area contributed by atoms with E-state index in [0.717, 1.165) is 24.8 Å². The van der Waals surface area contributed by atoms with Crippen LogP contribution in [0, 0.1) is 5.92 Å². The molecule has 1 rings (SSSR count). The minimum absolute atomic E-state index is 0.304. The Bertz CT molecular complexity index is 195. The maximum Gasteiger partial charge on any atom is 0.0838 e. The summed E-state index contributed by atoms with van der Waals surface area (Å²) in [6.07, 6.45) is 6.08. The van der Waals surface area contributed by atoms with E-state index in [1.165, 1.54) is 19.3 Å². The Kier molecular flexibility index (Phi) is 5.34. The third-order valence-electron chi connectivity index (χ3n) is 3.52. The second-order valence-corrected chi connectivity index (χ2v) is 4.76. The van der Waals surface area contributed by atoms with Gasteiger partial charge in [0.1, 0.15) is 0 Å². The molecule has 2 unspecified atom stereocenters.